The molecule has 0 spiro atoms. The van der Waals surface area contributed by atoms with Crippen LogP contribution in [0.5, 0.6) is 0 Å². The van der Waals surface area contributed by atoms with Crippen molar-refractivity contribution < 1.29 is 14.7 Å². The number of carbonyl (C=O) groups is 1. The first kappa shape index (κ1) is 11.6. The normalized spacial score (nSPS) is 16.1. The molecule has 0 aliphatic carbocycles. The molecule has 1 N–H and O–H groups in total. The van der Waals surface area contributed by atoms with E-state index in [9.17, 15) is 4.79 Å². The predicted octanol–water partition coefficient (Wildman–Crippen LogP) is 0.208. The topological polar surface area (TPSA) is 49.8 Å². The minimum atomic E-state index is -0.436. The van der Waals surface area contributed by atoms with Crippen LogP contribution >= 0.6 is 0 Å². The molecule has 0 rings (SSSR count). The Labute approximate surface area is 73.1 Å². The predicted molar refractivity (Wildman–Crippen MR) is 45.5 cm³/mol. The van der Waals surface area contributed by atoms with E-state index >= 15 is 0 Å². The van der Waals surface area contributed by atoms with Gasteiger partial charge in [-0.3, -0.25) is 4.84 Å². The van der Waals surface area contributed by atoms with E-state index < -0.39 is 6.10 Å². The summed E-state index contributed by atoms with van der Waals surface area (Å²) in [6.07, 6.45) is 1.08. The van der Waals surface area contributed by atoms with Gasteiger partial charge < -0.3 is 9.90 Å². The van der Waals surface area contributed by atoms with Crippen molar-refractivity contribution >= 4 is 6.29 Å². The fourth-order valence-electron chi connectivity index (χ4n) is 0.822. The molecule has 0 aliphatic heterocycles. The maximum atomic E-state index is 10.4. The molecule has 0 aromatic rings. The summed E-state index contributed by atoms with van der Waals surface area (Å²) >= 11 is 0. The summed E-state index contributed by atoms with van der Waals surface area (Å²) in [5.74, 6) is 0. The van der Waals surface area contributed by atoms with Crippen molar-refractivity contribution in [2.24, 2.45) is 0 Å². The Hall–Kier alpha value is -0.450. The van der Waals surface area contributed by atoms with Gasteiger partial charge in [-0.05, 0) is 19.8 Å². The molecule has 0 radical (unpaired) electrons. The van der Waals surface area contributed by atoms with Gasteiger partial charge >= 0.3 is 0 Å². The Morgan fingerprint density at radius 1 is 1.50 bits per heavy atom. The Bertz CT molecular complexity index is 125. The number of hydrogen-bond donors (Lipinski definition) is 1. The zero-order chi connectivity index (χ0) is 9.56. The average molecular weight is 175 g/mol. The molecule has 0 aliphatic rings. The molecule has 0 aromatic heterocycles. The number of hydrogen-bond acceptors (Lipinski definition) is 4. The van der Waals surface area contributed by atoms with E-state index in [1.54, 1.807) is 21.0 Å². The number of aliphatic hydroxyl groups is 1. The van der Waals surface area contributed by atoms with Crippen LogP contribution in [-0.2, 0) is 9.63 Å². The molecule has 0 saturated heterocycles. The van der Waals surface area contributed by atoms with E-state index in [-0.39, 0.29) is 6.10 Å². The Kier molecular flexibility index (Phi) is 5.88. The molecule has 4 heteroatoms. The zero-order valence-corrected chi connectivity index (χ0v) is 7.86. The average Bonchev–Trinajstić information content (AvgIpc) is 1.97. The van der Waals surface area contributed by atoms with E-state index in [1.807, 2.05) is 0 Å². The zero-order valence-electron chi connectivity index (χ0n) is 7.86. The molecule has 72 valence electrons. The summed E-state index contributed by atoms with van der Waals surface area (Å²) in [4.78, 5) is 15.5. The Balaban J connectivity index is 3.60. The second-order valence-corrected chi connectivity index (χ2v) is 3.02. The van der Waals surface area contributed by atoms with Gasteiger partial charge in [-0.1, -0.05) is 0 Å². The van der Waals surface area contributed by atoms with Gasteiger partial charge in [-0.2, -0.15) is 5.06 Å². The molecule has 0 heterocycles. The number of nitrogens with zero attached hydrogens (tertiary/aromatic N) is 1. The van der Waals surface area contributed by atoms with Gasteiger partial charge in [-0.25, -0.2) is 0 Å². The third-order valence-electron chi connectivity index (χ3n) is 1.37. The minimum absolute atomic E-state index is 0.377. The van der Waals surface area contributed by atoms with Crippen molar-refractivity contribution in [2.75, 3.05) is 14.1 Å². The van der Waals surface area contributed by atoms with E-state index in [0.29, 0.717) is 12.8 Å². The molecular weight excluding hydrogens is 158 g/mol. The van der Waals surface area contributed by atoms with Crippen LogP contribution in [0.15, 0.2) is 0 Å². The number of rotatable bonds is 6. The second kappa shape index (κ2) is 6.11. The van der Waals surface area contributed by atoms with Gasteiger partial charge in [0.2, 0.25) is 0 Å². The highest BCUT2D eigenvalue weighted by Gasteiger charge is 2.10. The SMILES string of the molecule is CC(O)CCC(C=O)ON(C)C. The number of hydroxylamine groups is 2. The maximum absolute atomic E-state index is 10.4. The van der Waals surface area contributed by atoms with Crippen LogP contribution in [0.4, 0.5) is 0 Å². The Morgan fingerprint density at radius 3 is 2.42 bits per heavy atom. The lowest BCUT2D eigenvalue weighted by Gasteiger charge is -2.16. The first-order valence-corrected chi connectivity index (χ1v) is 4.03. The molecular formula is C8H17NO3. The van der Waals surface area contributed by atoms with Crippen molar-refractivity contribution in [3.8, 4) is 0 Å². The van der Waals surface area contributed by atoms with Crippen LogP contribution in [0.3, 0.4) is 0 Å². The molecule has 0 fully saturated rings. The van der Waals surface area contributed by atoms with E-state index in [0.717, 1.165) is 6.29 Å². The van der Waals surface area contributed by atoms with Crippen LogP contribution in [0.2, 0.25) is 0 Å². The highest BCUT2D eigenvalue weighted by molar-refractivity contribution is 5.55. The first-order valence-electron chi connectivity index (χ1n) is 4.03. The standard InChI is InChI=1S/C8H17NO3/c1-7(11)4-5-8(6-10)12-9(2)3/h6-8,11H,4-5H2,1-3H3. The lowest BCUT2D eigenvalue weighted by molar-refractivity contribution is -0.170. The highest BCUT2D eigenvalue weighted by atomic mass is 16.7. The minimum Gasteiger partial charge on any atom is -0.393 e. The van der Waals surface area contributed by atoms with Gasteiger partial charge in [0.1, 0.15) is 6.10 Å². The summed E-state index contributed by atoms with van der Waals surface area (Å²) in [7, 11) is 3.44. The molecule has 0 amide bonds. The quantitative estimate of drug-likeness (QED) is 0.463. The molecule has 0 aromatic carbocycles. The fourth-order valence-corrected chi connectivity index (χ4v) is 0.822. The van der Waals surface area contributed by atoms with E-state index in [4.69, 9.17) is 9.94 Å². The summed E-state index contributed by atoms with van der Waals surface area (Å²) < 4.78 is 0. The van der Waals surface area contributed by atoms with Crippen LogP contribution < -0.4 is 0 Å². The second-order valence-electron chi connectivity index (χ2n) is 3.02. The van der Waals surface area contributed by atoms with Gasteiger partial charge in [-0.15, -0.1) is 0 Å². The summed E-state index contributed by atoms with van der Waals surface area (Å²) in [5, 5.41) is 10.4. The molecule has 2 atom stereocenters. The smallest absolute Gasteiger partial charge is 0.150 e. The lowest BCUT2D eigenvalue weighted by atomic mass is 10.1. The summed E-state index contributed by atoms with van der Waals surface area (Å²) in [6, 6.07) is 0. The highest BCUT2D eigenvalue weighted by Crippen LogP contribution is 2.03. The molecule has 0 bridgehead atoms. The third-order valence-corrected chi connectivity index (χ3v) is 1.37. The maximum Gasteiger partial charge on any atom is 0.150 e. The van der Waals surface area contributed by atoms with E-state index in [2.05, 4.69) is 0 Å². The van der Waals surface area contributed by atoms with E-state index in [1.165, 1.54) is 5.06 Å². The fraction of sp³-hybridized carbons (Fsp3) is 0.875. The molecule has 4 nitrogen and oxygen atoms in total. The molecule has 0 saturated carbocycles. The van der Waals surface area contributed by atoms with Gasteiger partial charge in [0.25, 0.3) is 0 Å². The van der Waals surface area contributed by atoms with Crippen molar-refractivity contribution in [3.63, 3.8) is 0 Å². The largest absolute Gasteiger partial charge is 0.393 e. The Morgan fingerprint density at radius 2 is 2.08 bits per heavy atom. The van der Waals surface area contributed by atoms with Crippen LogP contribution in [0, 0.1) is 0 Å². The lowest BCUT2D eigenvalue weighted by Crippen LogP contribution is -2.25. The molecule has 12 heavy (non-hydrogen) atoms. The number of aldehydes is 1. The number of carbonyl (C=O) groups excluding carboxylic acids is 1. The van der Waals surface area contributed by atoms with Crippen molar-refractivity contribution in [2.45, 2.75) is 32.0 Å². The van der Waals surface area contributed by atoms with Crippen LogP contribution in [0.25, 0.3) is 0 Å². The summed E-state index contributed by atoms with van der Waals surface area (Å²) in [6.45, 7) is 1.69. The first-order chi connectivity index (χ1) is 5.56. The van der Waals surface area contributed by atoms with Crippen molar-refractivity contribution in [1.29, 1.82) is 0 Å². The number of aliphatic hydroxyl groups excluding tert-OH is 1. The third kappa shape index (κ3) is 6.27. The van der Waals surface area contributed by atoms with Gasteiger partial charge in [0.15, 0.2) is 6.29 Å². The van der Waals surface area contributed by atoms with Gasteiger partial charge in [0.05, 0.1) is 6.10 Å². The van der Waals surface area contributed by atoms with Crippen molar-refractivity contribution in [3.05, 3.63) is 0 Å². The van der Waals surface area contributed by atoms with Crippen LogP contribution in [-0.4, -0.2) is 42.8 Å². The summed E-state index contributed by atoms with van der Waals surface area (Å²) in [5.41, 5.74) is 0. The van der Waals surface area contributed by atoms with Gasteiger partial charge in [0, 0.05) is 14.1 Å². The monoisotopic (exact) mass is 175 g/mol. The van der Waals surface area contributed by atoms with Crippen molar-refractivity contribution in [1.82, 2.24) is 5.06 Å². The van der Waals surface area contributed by atoms with Crippen LogP contribution in [0.1, 0.15) is 19.8 Å². The molecule has 2 unspecified atom stereocenters.